The molecule has 0 saturated carbocycles. The van der Waals surface area contributed by atoms with Crippen LogP contribution in [-0.2, 0) is 4.79 Å². The van der Waals surface area contributed by atoms with E-state index in [-0.39, 0.29) is 5.88 Å². The molecule has 0 bridgehead atoms. The van der Waals surface area contributed by atoms with Gasteiger partial charge in [-0.05, 0) is 34.5 Å². The number of pyridine rings is 1. The molecule has 2 rings (SSSR count). The summed E-state index contributed by atoms with van der Waals surface area (Å²) in [4.78, 5) is 13.2. The Morgan fingerprint density at radius 1 is 1.67 bits per heavy atom. The topological polar surface area (TPSA) is 34.4 Å². The molecule has 0 radical (unpaired) electrons. The maximum Gasteiger partial charge on any atom is 0.151 e. The largest absolute Gasteiger partial charge is 0.306 e. The van der Waals surface area contributed by atoms with Gasteiger partial charge in [0.1, 0.15) is 6.29 Å². The van der Waals surface area contributed by atoms with Crippen LogP contribution >= 0.6 is 27.5 Å². The van der Waals surface area contributed by atoms with E-state index in [0.717, 1.165) is 10.1 Å². The standard InChI is InChI=1S/C8H7BrN2.C2H3ClO/c1-6-4-7(9)8-10-2-3-11(8)5-6;3-1-2-4/h2-5H,1H3;2H,1H2. The zero-order chi connectivity index (χ0) is 11.3. The fourth-order valence-electron chi connectivity index (χ4n) is 1.12. The first-order valence-corrected chi connectivity index (χ1v) is 5.60. The molecule has 0 saturated heterocycles. The van der Waals surface area contributed by atoms with Crippen LogP contribution in [0.2, 0.25) is 0 Å². The molecule has 0 aliphatic heterocycles. The minimum Gasteiger partial charge on any atom is -0.306 e. The molecule has 0 N–H and O–H groups in total. The third kappa shape index (κ3) is 3.32. The van der Waals surface area contributed by atoms with Crippen molar-refractivity contribution in [1.29, 1.82) is 0 Å². The summed E-state index contributed by atoms with van der Waals surface area (Å²) in [5, 5.41) is 0. The molecule has 0 unspecified atom stereocenters. The number of carbonyl (C=O) groups excluding carboxylic acids is 1. The zero-order valence-electron chi connectivity index (χ0n) is 8.15. The van der Waals surface area contributed by atoms with Crippen LogP contribution < -0.4 is 0 Å². The van der Waals surface area contributed by atoms with Crippen LogP contribution in [0.3, 0.4) is 0 Å². The number of halogens is 2. The Bertz CT molecular complexity index is 456. The normalized spacial score (nSPS) is 9.53. The summed E-state index contributed by atoms with van der Waals surface area (Å²) >= 11 is 8.26. The van der Waals surface area contributed by atoms with Crippen molar-refractivity contribution < 1.29 is 4.79 Å². The molecule has 0 spiro atoms. The summed E-state index contributed by atoms with van der Waals surface area (Å²) in [5.74, 6) is 0.111. The van der Waals surface area contributed by atoms with E-state index in [4.69, 9.17) is 16.4 Å². The Hall–Kier alpha value is -0.870. The Labute approximate surface area is 101 Å². The molecule has 0 fully saturated rings. The van der Waals surface area contributed by atoms with Crippen molar-refractivity contribution in [3.63, 3.8) is 0 Å². The van der Waals surface area contributed by atoms with E-state index in [1.54, 1.807) is 6.20 Å². The predicted molar refractivity (Wildman–Crippen MR) is 64.4 cm³/mol. The number of aromatic nitrogens is 2. The first-order valence-electron chi connectivity index (χ1n) is 4.27. The summed E-state index contributed by atoms with van der Waals surface area (Å²) in [6, 6.07) is 2.06. The highest BCUT2D eigenvalue weighted by atomic mass is 79.9. The first kappa shape index (κ1) is 12.2. The monoisotopic (exact) mass is 288 g/mol. The molecule has 80 valence electrons. The molecule has 2 heterocycles. The average Bonchev–Trinajstić information content (AvgIpc) is 2.66. The maximum absolute atomic E-state index is 9.04. The number of alkyl halides is 1. The third-order valence-corrected chi connectivity index (χ3v) is 2.35. The van der Waals surface area contributed by atoms with Crippen LogP contribution in [0.4, 0.5) is 0 Å². The van der Waals surface area contributed by atoms with Crippen molar-refractivity contribution in [2.75, 3.05) is 5.88 Å². The Morgan fingerprint density at radius 3 is 2.93 bits per heavy atom. The molecule has 0 atom stereocenters. The van der Waals surface area contributed by atoms with Gasteiger partial charge >= 0.3 is 0 Å². The molecule has 2 aromatic rings. The highest BCUT2D eigenvalue weighted by Crippen LogP contribution is 2.17. The van der Waals surface area contributed by atoms with E-state index < -0.39 is 0 Å². The molecule has 0 amide bonds. The van der Waals surface area contributed by atoms with Gasteiger partial charge in [0.2, 0.25) is 0 Å². The molecule has 3 nitrogen and oxygen atoms in total. The van der Waals surface area contributed by atoms with Crippen LogP contribution in [0.15, 0.2) is 29.1 Å². The number of imidazole rings is 1. The molecule has 5 heteroatoms. The van der Waals surface area contributed by atoms with Crippen LogP contribution in [-0.4, -0.2) is 21.6 Å². The summed E-state index contributed by atoms with van der Waals surface area (Å²) in [6.07, 6.45) is 6.42. The number of aryl methyl sites for hydroxylation is 1. The lowest BCUT2D eigenvalue weighted by molar-refractivity contribution is -0.105. The number of hydrogen-bond acceptors (Lipinski definition) is 2. The molecule has 0 aliphatic rings. The van der Waals surface area contributed by atoms with Crippen molar-refractivity contribution >= 4 is 39.5 Å². The highest BCUT2D eigenvalue weighted by Gasteiger charge is 1.98. The Morgan fingerprint density at radius 2 is 2.33 bits per heavy atom. The summed E-state index contributed by atoms with van der Waals surface area (Å²) in [6.45, 7) is 2.06. The number of nitrogens with zero attached hydrogens (tertiary/aromatic N) is 2. The van der Waals surface area contributed by atoms with Crippen molar-refractivity contribution in [1.82, 2.24) is 9.38 Å². The van der Waals surface area contributed by atoms with Gasteiger partial charge in [-0.25, -0.2) is 4.98 Å². The highest BCUT2D eigenvalue weighted by molar-refractivity contribution is 9.10. The Kier molecular flexibility index (Phi) is 4.78. The number of carbonyl (C=O) groups is 1. The van der Waals surface area contributed by atoms with Crippen molar-refractivity contribution in [2.24, 2.45) is 0 Å². The SMILES string of the molecule is Cc1cc(Br)c2nccn2c1.O=CCCl. The lowest BCUT2D eigenvalue weighted by Gasteiger charge is -1.97. The molecule has 0 aromatic carbocycles. The van der Waals surface area contributed by atoms with Gasteiger partial charge in [0, 0.05) is 18.6 Å². The molecule has 0 aliphatic carbocycles. The number of aldehydes is 1. The minimum atomic E-state index is 0.111. The summed E-state index contributed by atoms with van der Waals surface area (Å²) in [7, 11) is 0. The van der Waals surface area contributed by atoms with Crippen LogP contribution in [0.5, 0.6) is 0 Å². The minimum absolute atomic E-state index is 0.111. The fourth-order valence-corrected chi connectivity index (χ4v) is 1.79. The number of hydrogen-bond donors (Lipinski definition) is 0. The van der Waals surface area contributed by atoms with Gasteiger partial charge in [-0.15, -0.1) is 11.6 Å². The van der Waals surface area contributed by atoms with Crippen molar-refractivity contribution in [2.45, 2.75) is 6.92 Å². The molecular weight excluding hydrogens is 279 g/mol. The maximum atomic E-state index is 9.04. The van der Waals surface area contributed by atoms with Gasteiger partial charge < -0.3 is 9.20 Å². The smallest absolute Gasteiger partial charge is 0.151 e. The first-order chi connectivity index (χ1) is 7.19. The molecule has 2 aromatic heterocycles. The van der Waals surface area contributed by atoms with Gasteiger partial charge in [0.15, 0.2) is 5.65 Å². The van der Waals surface area contributed by atoms with Gasteiger partial charge in [-0.2, -0.15) is 0 Å². The predicted octanol–water partition coefficient (Wildman–Crippen LogP) is 2.83. The number of fused-ring (bicyclic) bond motifs is 1. The second-order valence-electron chi connectivity index (χ2n) is 2.84. The van der Waals surface area contributed by atoms with Crippen LogP contribution in [0.25, 0.3) is 5.65 Å². The fraction of sp³-hybridized carbons (Fsp3) is 0.200. The summed E-state index contributed by atoms with van der Waals surface area (Å²) in [5.41, 5.74) is 2.19. The second kappa shape index (κ2) is 5.88. The Balaban J connectivity index is 0.000000245. The average molecular weight is 290 g/mol. The quantitative estimate of drug-likeness (QED) is 0.597. The molecule has 15 heavy (non-hydrogen) atoms. The van der Waals surface area contributed by atoms with Crippen LogP contribution in [0, 0.1) is 6.92 Å². The second-order valence-corrected chi connectivity index (χ2v) is 4.01. The van der Waals surface area contributed by atoms with Gasteiger partial charge in [-0.1, -0.05) is 0 Å². The summed E-state index contributed by atoms with van der Waals surface area (Å²) < 4.78 is 3.04. The van der Waals surface area contributed by atoms with Crippen molar-refractivity contribution in [3.05, 3.63) is 34.7 Å². The van der Waals surface area contributed by atoms with Gasteiger partial charge in [0.25, 0.3) is 0 Å². The number of rotatable bonds is 1. The van der Waals surface area contributed by atoms with E-state index in [0.29, 0.717) is 6.29 Å². The van der Waals surface area contributed by atoms with Gasteiger partial charge in [0.05, 0.1) is 10.4 Å². The van der Waals surface area contributed by atoms with E-state index >= 15 is 0 Å². The molecular formula is C10H10BrClN2O. The van der Waals surface area contributed by atoms with E-state index in [1.165, 1.54) is 5.56 Å². The van der Waals surface area contributed by atoms with E-state index in [1.807, 2.05) is 16.8 Å². The lowest BCUT2D eigenvalue weighted by Crippen LogP contribution is -1.85. The zero-order valence-corrected chi connectivity index (χ0v) is 10.5. The van der Waals surface area contributed by atoms with E-state index in [9.17, 15) is 0 Å². The van der Waals surface area contributed by atoms with Crippen LogP contribution in [0.1, 0.15) is 5.56 Å². The third-order valence-electron chi connectivity index (χ3n) is 1.64. The van der Waals surface area contributed by atoms with Gasteiger partial charge in [-0.3, -0.25) is 0 Å². The van der Waals surface area contributed by atoms with Crippen molar-refractivity contribution in [3.8, 4) is 0 Å². The van der Waals surface area contributed by atoms with E-state index in [2.05, 4.69) is 33.9 Å². The lowest BCUT2D eigenvalue weighted by atomic mass is 10.3.